The SMILES string of the molecule is CC(NCc1ncn(C)n1)c1ccc(S(N)(=O)=O)cc1. The van der Waals surface area contributed by atoms with E-state index in [0.717, 1.165) is 5.56 Å². The molecule has 0 saturated heterocycles. The zero-order chi connectivity index (χ0) is 14.8. The third-order valence-electron chi connectivity index (χ3n) is 2.92. The average Bonchev–Trinajstić information content (AvgIpc) is 2.81. The van der Waals surface area contributed by atoms with Crippen LogP contribution in [0, 0.1) is 0 Å². The number of sulfonamides is 1. The Morgan fingerprint density at radius 1 is 1.35 bits per heavy atom. The zero-order valence-electron chi connectivity index (χ0n) is 11.3. The summed E-state index contributed by atoms with van der Waals surface area (Å²) in [5.74, 6) is 0.709. The van der Waals surface area contributed by atoms with Gasteiger partial charge in [0.05, 0.1) is 11.4 Å². The molecule has 0 amide bonds. The molecule has 0 aliphatic heterocycles. The van der Waals surface area contributed by atoms with Gasteiger partial charge in [0, 0.05) is 13.1 Å². The summed E-state index contributed by atoms with van der Waals surface area (Å²) in [5.41, 5.74) is 0.966. The molecule has 0 spiro atoms. The number of rotatable bonds is 5. The maximum atomic E-state index is 11.2. The van der Waals surface area contributed by atoms with Crippen molar-refractivity contribution in [1.29, 1.82) is 0 Å². The van der Waals surface area contributed by atoms with E-state index in [1.165, 1.54) is 12.1 Å². The molecule has 1 atom stereocenters. The number of hydrogen-bond donors (Lipinski definition) is 2. The molecular weight excluding hydrogens is 278 g/mol. The van der Waals surface area contributed by atoms with Crippen LogP contribution in [0.4, 0.5) is 0 Å². The second kappa shape index (κ2) is 5.70. The molecule has 20 heavy (non-hydrogen) atoms. The molecule has 0 saturated carbocycles. The van der Waals surface area contributed by atoms with E-state index in [0.29, 0.717) is 12.4 Å². The van der Waals surface area contributed by atoms with Crippen LogP contribution in [0.25, 0.3) is 0 Å². The molecule has 2 rings (SSSR count). The van der Waals surface area contributed by atoms with Crippen LogP contribution in [0.3, 0.4) is 0 Å². The predicted molar refractivity (Wildman–Crippen MR) is 74.1 cm³/mol. The lowest BCUT2D eigenvalue weighted by atomic mass is 10.1. The third kappa shape index (κ3) is 3.62. The number of aryl methyl sites for hydroxylation is 1. The molecule has 0 bridgehead atoms. The molecule has 0 aliphatic rings. The van der Waals surface area contributed by atoms with Crippen LogP contribution in [0.1, 0.15) is 24.4 Å². The summed E-state index contributed by atoms with van der Waals surface area (Å²) < 4.78 is 24.0. The smallest absolute Gasteiger partial charge is 0.238 e. The number of benzene rings is 1. The highest BCUT2D eigenvalue weighted by Gasteiger charge is 2.10. The molecule has 8 heteroatoms. The van der Waals surface area contributed by atoms with Gasteiger partial charge >= 0.3 is 0 Å². The van der Waals surface area contributed by atoms with E-state index in [4.69, 9.17) is 5.14 Å². The molecule has 0 aliphatic carbocycles. The number of nitrogens with zero attached hydrogens (tertiary/aromatic N) is 3. The van der Waals surface area contributed by atoms with Gasteiger partial charge in [-0.25, -0.2) is 18.5 Å². The summed E-state index contributed by atoms with van der Waals surface area (Å²) in [6, 6.07) is 6.53. The van der Waals surface area contributed by atoms with Crippen molar-refractivity contribution in [2.75, 3.05) is 0 Å². The minimum Gasteiger partial charge on any atom is -0.303 e. The average molecular weight is 295 g/mol. The highest BCUT2D eigenvalue weighted by Crippen LogP contribution is 2.15. The van der Waals surface area contributed by atoms with Crippen LogP contribution in [-0.4, -0.2) is 23.2 Å². The first-order valence-electron chi connectivity index (χ1n) is 6.07. The predicted octanol–water partition coefficient (Wildman–Crippen LogP) is 0.313. The summed E-state index contributed by atoms with van der Waals surface area (Å²) in [7, 11) is -1.83. The van der Waals surface area contributed by atoms with Gasteiger partial charge in [0.15, 0.2) is 5.82 Å². The van der Waals surface area contributed by atoms with Crippen molar-refractivity contribution in [1.82, 2.24) is 20.1 Å². The van der Waals surface area contributed by atoms with Crippen molar-refractivity contribution in [2.24, 2.45) is 12.2 Å². The summed E-state index contributed by atoms with van der Waals surface area (Å²) >= 11 is 0. The van der Waals surface area contributed by atoms with E-state index in [1.54, 1.807) is 23.1 Å². The molecule has 1 aromatic carbocycles. The minimum atomic E-state index is -3.64. The van der Waals surface area contributed by atoms with E-state index in [-0.39, 0.29) is 10.9 Å². The Labute approximate surface area is 117 Å². The topological polar surface area (TPSA) is 103 Å². The van der Waals surface area contributed by atoms with Crippen LogP contribution in [0.5, 0.6) is 0 Å². The Bertz CT molecular complexity index is 678. The summed E-state index contributed by atoms with van der Waals surface area (Å²) in [6.07, 6.45) is 1.64. The molecule has 1 heterocycles. The first-order chi connectivity index (χ1) is 9.36. The van der Waals surface area contributed by atoms with Gasteiger partial charge in [-0.15, -0.1) is 0 Å². The molecule has 2 aromatic rings. The van der Waals surface area contributed by atoms with Crippen molar-refractivity contribution in [3.05, 3.63) is 42.0 Å². The minimum absolute atomic E-state index is 0.0494. The van der Waals surface area contributed by atoms with Crippen LogP contribution >= 0.6 is 0 Å². The lowest BCUT2D eigenvalue weighted by Crippen LogP contribution is -2.19. The van der Waals surface area contributed by atoms with Crippen molar-refractivity contribution in [3.8, 4) is 0 Å². The molecular formula is C12H17N5O2S. The molecule has 3 N–H and O–H groups in total. The summed E-state index contributed by atoms with van der Waals surface area (Å²) in [6.45, 7) is 2.52. The summed E-state index contributed by atoms with van der Waals surface area (Å²) in [4.78, 5) is 4.23. The van der Waals surface area contributed by atoms with Crippen LogP contribution in [-0.2, 0) is 23.6 Å². The van der Waals surface area contributed by atoms with Crippen LogP contribution in [0.15, 0.2) is 35.5 Å². The van der Waals surface area contributed by atoms with Crippen molar-refractivity contribution >= 4 is 10.0 Å². The fourth-order valence-electron chi connectivity index (χ4n) is 1.77. The van der Waals surface area contributed by atoms with Gasteiger partial charge in [-0.1, -0.05) is 12.1 Å². The van der Waals surface area contributed by atoms with Crippen LogP contribution in [0.2, 0.25) is 0 Å². The molecule has 0 radical (unpaired) electrons. The molecule has 0 fully saturated rings. The fourth-order valence-corrected chi connectivity index (χ4v) is 2.29. The number of nitrogens with two attached hydrogens (primary N) is 1. The zero-order valence-corrected chi connectivity index (χ0v) is 12.1. The largest absolute Gasteiger partial charge is 0.303 e. The first kappa shape index (κ1) is 14.6. The van der Waals surface area contributed by atoms with Crippen molar-refractivity contribution in [2.45, 2.75) is 24.4 Å². The monoisotopic (exact) mass is 295 g/mol. The van der Waals surface area contributed by atoms with E-state index < -0.39 is 10.0 Å². The normalized spacial score (nSPS) is 13.3. The molecule has 7 nitrogen and oxygen atoms in total. The van der Waals surface area contributed by atoms with E-state index >= 15 is 0 Å². The van der Waals surface area contributed by atoms with Gasteiger partial charge in [-0.05, 0) is 24.6 Å². The summed E-state index contributed by atoms with van der Waals surface area (Å²) in [5, 5.41) is 12.5. The second-order valence-electron chi connectivity index (χ2n) is 4.55. The van der Waals surface area contributed by atoms with E-state index in [2.05, 4.69) is 15.4 Å². The van der Waals surface area contributed by atoms with Gasteiger partial charge in [-0.2, -0.15) is 5.10 Å². The first-order valence-corrected chi connectivity index (χ1v) is 7.61. The highest BCUT2D eigenvalue weighted by atomic mass is 32.2. The maximum absolute atomic E-state index is 11.2. The maximum Gasteiger partial charge on any atom is 0.238 e. The standard InChI is InChI=1S/C12H17N5O2S/c1-9(14-7-12-15-8-17(2)16-12)10-3-5-11(6-4-10)20(13,18)19/h3-6,8-9,14H,7H2,1-2H3,(H2,13,18,19). The van der Waals surface area contributed by atoms with Gasteiger partial charge < -0.3 is 5.32 Å². The van der Waals surface area contributed by atoms with Gasteiger partial charge in [0.25, 0.3) is 0 Å². The van der Waals surface area contributed by atoms with E-state index in [9.17, 15) is 8.42 Å². The highest BCUT2D eigenvalue weighted by molar-refractivity contribution is 7.89. The van der Waals surface area contributed by atoms with Gasteiger partial charge in [0.2, 0.25) is 10.0 Å². The van der Waals surface area contributed by atoms with Gasteiger partial charge in [-0.3, -0.25) is 4.68 Å². The number of hydrogen-bond acceptors (Lipinski definition) is 5. The molecule has 108 valence electrons. The Kier molecular flexibility index (Phi) is 4.17. The number of primary sulfonamides is 1. The van der Waals surface area contributed by atoms with Crippen molar-refractivity contribution in [3.63, 3.8) is 0 Å². The lowest BCUT2D eigenvalue weighted by Gasteiger charge is -2.13. The quantitative estimate of drug-likeness (QED) is 0.826. The van der Waals surface area contributed by atoms with Crippen molar-refractivity contribution < 1.29 is 8.42 Å². The Balaban J connectivity index is 2.00. The number of nitrogens with one attached hydrogen (secondary N) is 1. The molecule has 1 unspecified atom stereocenters. The third-order valence-corrected chi connectivity index (χ3v) is 3.85. The lowest BCUT2D eigenvalue weighted by molar-refractivity contribution is 0.555. The number of aromatic nitrogens is 3. The Morgan fingerprint density at radius 3 is 2.50 bits per heavy atom. The molecule has 1 aromatic heterocycles. The Morgan fingerprint density at radius 2 is 2.00 bits per heavy atom. The second-order valence-corrected chi connectivity index (χ2v) is 6.11. The Hall–Kier alpha value is -1.77. The van der Waals surface area contributed by atoms with Gasteiger partial charge in [0.1, 0.15) is 6.33 Å². The fraction of sp³-hybridized carbons (Fsp3) is 0.333. The van der Waals surface area contributed by atoms with Crippen LogP contribution < -0.4 is 10.5 Å². The van der Waals surface area contributed by atoms with E-state index in [1.807, 2.05) is 14.0 Å².